The number of ether oxygens (including phenoxy) is 2. The highest BCUT2D eigenvalue weighted by molar-refractivity contribution is 7.18. The Hall–Kier alpha value is -2.72. The molecule has 9 nitrogen and oxygen atoms in total. The Labute approximate surface area is 180 Å². The molecule has 0 aliphatic rings. The van der Waals surface area contributed by atoms with Crippen molar-refractivity contribution in [3.63, 3.8) is 0 Å². The van der Waals surface area contributed by atoms with Gasteiger partial charge in [0, 0.05) is 25.4 Å². The Morgan fingerprint density at radius 3 is 2.37 bits per heavy atom. The quantitative estimate of drug-likeness (QED) is 0.603. The van der Waals surface area contributed by atoms with Crippen LogP contribution in [0.3, 0.4) is 0 Å². The van der Waals surface area contributed by atoms with Crippen molar-refractivity contribution in [1.82, 2.24) is 14.7 Å². The summed E-state index contributed by atoms with van der Waals surface area (Å²) in [5.74, 6) is -1.42. The minimum Gasteiger partial charge on any atom is -0.462 e. The van der Waals surface area contributed by atoms with E-state index in [0.717, 1.165) is 22.6 Å². The first kappa shape index (κ1) is 23.6. The Morgan fingerprint density at radius 1 is 1.17 bits per heavy atom. The van der Waals surface area contributed by atoms with Crippen molar-refractivity contribution in [3.8, 4) is 0 Å². The number of anilines is 1. The van der Waals surface area contributed by atoms with Crippen LogP contribution in [-0.2, 0) is 27.9 Å². The fraction of sp³-hybridized carbons (Fsp3) is 0.500. The normalized spacial score (nSPS) is 10.9. The van der Waals surface area contributed by atoms with E-state index in [0.29, 0.717) is 12.1 Å². The number of likely N-dealkylation sites (N-methyl/N-ethyl adjacent to an activating group) is 1. The van der Waals surface area contributed by atoms with E-state index in [1.807, 2.05) is 32.1 Å². The molecular formula is C20H28N4O5S. The third-order valence-corrected chi connectivity index (χ3v) is 5.50. The number of aromatic nitrogens is 2. The van der Waals surface area contributed by atoms with Gasteiger partial charge in [-0.25, -0.2) is 9.59 Å². The van der Waals surface area contributed by atoms with Gasteiger partial charge >= 0.3 is 11.9 Å². The van der Waals surface area contributed by atoms with Gasteiger partial charge in [-0.1, -0.05) is 0 Å². The molecule has 0 unspecified atom stereocenters. The standard InChI is InChI=1S/C20H28N4O5S/c1-7-28-19(26)16-12(3)17(20(27)29-8-2)30-18(16)21-15(25)11-23(5)9-14-10-24(6)22-13(14)4/h10H,7-9,11H2,1-6H3,(H,21,25). The minimum absolute atomic E-state index is 0.0995. The number of thiophene rings is 1. The molecule has 2 heterocycles. The summed E-state index contributed by atoms with van der Waals surface area (Å²) in [6.45, 7) is 8.00. The van der Waals surface area contributed by atoms with Crippen molar-refractivity contribution in [3.05, 3.63) is 33.5 Å². The zero-order valence-corrected chi connectivity index (χ0v) is 19.0. The fourth-order valence-electron chi connectivity index (χ4n) is 3.00. The van der Waals surface area contributed by atoms with Crippen LogP contribution in [-0.4, -0.2) is 59.3 Å². The zero-order valence-electron chi connectivity index (χ0n) is 18.2. The SMILES string of the molecule is CCOC(=O)c1sc(NC(=O)CN(C)Cc2cn(C)nc2C)c(C(=O)OCC)c1C. The first-order chi connectivity index (χ1) is 14.2. The molecule has 0 radical (unpaired) electrons. The lowest BCUT2D eigenvalue weighted by atomic mass is 10.1. The van der Waals surface area contributed by atoms with E-state index >= 15 is 0 Å². The second-order valence-corrected chi connectivity index (χ2v) is 7.86. The summed E-state index contributed by atoms with van der Waals surface area (Å²) >= 11 is 1.01. The summed E-state index contributed by atoms with van der Waals surface area (Å²) in [7, 11) is 3.67. The molecule has 0 aliphatic carbocycles. The first-order valence-corrected chi connectivity index (χ1v) is 10.4. The maximum Gasteiger partial charge on any atom is 0.348 e. The van der Waals surface area contributed by atoms with Crippen LogP contribution in [0.25, 0.3) is 0 Å². The first-order valence-electron chi connectivity index (χ1n) is 9.62. The Morgan fingerprint density at radius 2 is 1.80 bits per heavy atom. The summed E-state index contributed by atoms with van der Waals surface area (Å²) in [6.07, 6.45) is 1.91. The van der Waals surface area contributed by atoms with E-state index in [1.54, 1.807) is 25.5 Å². The third kappa shape index (κ3) is 5.67. The lowest BCUT2D eigenvalue weighted by Crippen LogP contribution is -2.30. The molecular weight excluding hydrogens is 408 g/mol. The largest absolute Gasteiger partial charge is 0.462 e. The van der Waals surface area contributed by atoms with E-state index in [9.17, 15) is 14.4 Å². The molecule has 0 saturated heterocycles. The van der Waals surface area contributed by atoms with Crippen molar-refractivity contribution >= 4 is 34.2 Å². The van der Waals surface area contributed by atoms with Crippen LogP contribution in [0.1, 0.15) is 50.7 Å². The summed E-state index contributed by atoms with van der Waals surface area (Å²) in [4.78, 5) is 39.4. The van der Waals surface area contributed by atoms with E-state index in [2.05, 4.69) is 10.4 Å². The van der Waals surface area contributed by atoms with Crippen molar-refractivity contribution in [2.24, 2.45) is 7.05 Å². The topological polar surface area (TPSA) is 103 Å². The van der Waals surface area contributed by atoms with Crippen LogP contribution < -0.4 is 5.32 Å². The van der Waals surface area contributed by atoms with Crippen molar-refractivity contribution in [2.45, 2.75) is 34.2 Å². The summed E-state index contributed by atoms with van der Waals surface area (Å²) in [5.41, 5.74) is 2.55. The molecule has 164 valence electrons. The number of nitrogens with zero attached hydrogens (tertiary/aromatic N) is 3. The van der Waals surface area contributed by atoms with Gasteiger partial charge in [0.25, 0.3) is 0 Å². The van der Waals surface area contributed by atoms with Crippen LogP contribution in [0, 0.1) is 13.8 Å². The molecule has 0 saturated carbocycles. The average molecular weight is 437 g/mol. The maximum atomic E-state index is 12.6. The second-order valence-electron chi connectivity index (χ2n) is 6.84. The molecule has 2 aromatic rings. The Kier molecular flexibility index (Phi) is 8.13. The second kappa shape index (κ2) is 10.4. The van der Waals surface area contributed by atoms with Gasteiger partial charge in [-0.15, -0.1) is 11.3 Å². The summed E-state index contributed by atoms with van der Waals surface area (Å²) < 4.78 is 11.9. The van der Waals surface area contributed by atoms with Gasteiger partial charge in [-0.3, -0.25) is 14.4 Å². The Bertz CT molecular complexity index is 934. The molecule has 30 heavy (non-hydrogen) atoms. The summed E-state index contributed by atoms with van der Waals surface area (Å²) in [6, 6.07) is 0. The predicted molar refractivity (Wildman–Crippen MR) is 114 cm³/mol. The molecule has 0 aliphatic heterocycles. The number of hydrogen-bond donors (Lipinski definition) is 1. The number of amides is 1. The number of nitrogens with one attached hydrogen (secondary N) is 1. The molecule has 0 fully saturated rings. The van der Waals surface area contributed by atoms with Gasteiger partial charge in [0.05, 0.1) is 31.0 Å². The number of aryl methyl sites for hydroxylation is 2. The lowest BCUT2D eigenvalue weighted by Gasteiger charge is -2.15. The highest BCUT2D eigenvalue weighted by Crippen LogP contribution is 2.34. The number of rotatable bonds is 9. The number of carbonyl (C=O) groups excluding carboxylic acids is 3. The predicted octanol–water partition coefficient (Wildman–Crippen LogP) is 2.52. The van der Waals surface area contributed by atoms with Crippen LogP contribution in [0.5, 0.6) is 0 Å². The number of hydrogen-bond acceptors (Lipinski definition) is 8. The number of esters is 2. The van der Waals surface area contributed by atoms with Crippen molar-refractivity contribution < 1.29 is 23.9 Å². The van der Waals surface area contributed by atoms with Crippen molar-refractivity contribution in [1.29, 1.82) is 0 Å². The van der Waals surface area contributed by atoms with Crippen LogP contribution in [0.15, 0.2) is 6.20 Å². The number of carbonyl (C=O) groups is 3. The highest BCUT2D eigenvalue weighted by Gasteiger charge is 2.27. The van der Waals surface area contributed by atoms with Crippen LogP contribution in [0.4, 0.5) is 5.00 Å². The molecule has 1 amide bonds. The van der Waals surface area contributed by atoms with Gasteiger partial charge in [0.2, 0.25) is 5.91 Å². The molecule has 10 heteroatoms. The maximum absolute atomic E-state index is 12.6. The van der Waals surface area contributed by atoms with Crippen LogP contribution >= 0.6 is 11.3 Å². The van der Waals surface area contributed by atoms with Gasteiger partial charge in [0.1, 0.15) is 9.88 Å². The van der Waals surface area contributed by atoms with E-state index < -0.39 is 11.9 Å². The van der Waals surface area contributed by atoms with Crippen molar-refractivity contribution in [2.75, 3.05) is 32.1 Å². The fourth-order valence-corrected chi connectivity index (χ4v) is 4.11. The molecule has 1 N–H and O–H groups in total. The van der Waals surface area contributed by atoms with Gasteiger partial charge in [-0.2, -0.15) is 5.10 Å². The summed E-state index contributed by atoms with van der Waals surface area (Å²) in [5, 5.41) is 7.33. The molecule has 0 atom stereocenters. The monoisotopic (exact) mass is 436 g/mol. The van der Waals surface area contributed by atoms with Gasteiger partial charge in [-0.05, 0) is 40.3 Å². The van der Waals surface area contributed by atoms with Gasteiger partial charge in [0.15, 0.2) is 0 Å². The van der Waals surface area contributed by atoms with Gasteiger partial charge < -0.3 is 14.8 Å². The Balaban J connectivity index is 2.17. The van der Waals surface area contributed by atoms with E-state index in [4.69, 9.17) is 9.47 Å². The van der Waals surface area contributed by atoms with Crippen LogP contribution in [0.2, 0.25) is 0 Å². The lowest BCUT2D eigenvalue weighted by molar-refractivity contribution is -0.117. The molecule has 0 bridgehead atoms. The third-order valence-electron chi connectivity index (χ3n) is 4.31. The molecule has 0 spiro atoms. The highest BCUT2D eigenvalue weighted by atomic mass is 32.1. The molecule has 0 aromatic carbocycles. The van der Waals surface area contributed by atoms with E-state index in [-0.39, 0.29) is 41.1 Å². The van der Waals surface area contributed by atoms with E-state index in [1.165, 1.54) is 0 Å². The smallest absolute Gasteiger partial charge is 0.348 e. The zero-order chi connectivity index (χ0) is 22.4. The average Bonchev–Trinajstić information content (AvgIpc) is 3.13. The minimum atomic E-state index is -0.587. The molecule has 2 rings (SSSR count). The molecule has 2 aromatic heterocycles.